The molecule has 3 fully saturated rings. The number of hydrogen-bond acceptors (Lipinski definition) is 5. The number of aliphatic hydroxyl groups is 1. The first kappa shape index (κ1) is 20.4. The van der Waals surface area contributed by atoms with Gasteiger partial charge in [-0.15, -0.1) is 0 Å². The van der Waals surface area contributed by atoms with Crippen LogP contribution >= 0.6 is 0 Å². The summed E-state index contributed by atoms with van der Waals surface area (Å²) in [5, 5.41) is 10.1. The van der Waals surface area contributed by atoms with Crippen LogP contribution in [-0.2, 0) is 9.53 Å². The molecule has 1 aliphatic carbocycles. The van der Waals surface area contributed by atoms with Gasteiger partial charge in [-0.3, -0.25) is 14.6 Å². The number of carbonyl (C=O) groups is 2. The van der Waals surface area contributed by atoms with E-state index in [4.69, 9.17) is 4.74 Å². The minimum absolute atomic E-state index is 0.0503. The van der Waals surface area contributed by atoms with E-state index in [9.17, 15) is 14.7 Å². The fraction of sp³-hybridized carbons (Fsp3) is 0.900. The van der Waals surface area contributed by atoms with E-state index in [2.05, 4.69) is 4.90 Å². The van der Waals surface area contributed by atoms with Gasteiger partial charge in [0.25, 0.3) is 0 Å². The van der Waals surface area contributed by atoms with Crippen LogP contribution in [0.1, 0.15) is 59.3 Å². The van der Waals surface area contributed by atoms with Crippen LogP contribution in [0.4, 0.5) is 4.79 Å². The third-order valence-electron chi connectivity index (χ3n) is 5.88. The van der Waals surface area contributed by atoms with Crippen molar-refractivity contribution in [1.82, 2.24) is 14.7 Å². The van der Waals surface area contributed by atoms with Crippen LogP contribution in [0.2, 0.25) is 0 Å². The van der Waals surface area contributed by atoms with Gasteiger partial charge in [0, 0.05) is 38.6 Å². The van der Waals surface area contributed by atoms with Gasteiger partial charge in [-0.05, 0) is 40.0 Å². The summed E-state index contributed by atoms with van der Waals surface area (Å²) in [5.41, 5.74) is -0.622. The average Bonchev–Trinajstić information content (AvgIpc) is 3.17. The van der Waals surface area contributed by atoms with E-state index < -0.39 is 23.8 Å². The Hall–Kier alpha value is -1.34. The fourth-order valence-corrected chi connectivity index (χ4v) is 4.57. The quantitative estimate of drug-likeness (QED) is 0.790. The molecule has 0 radical (unpaired) electrons. The van der Waals surface area contributed by atoms with Crippen molar-refractivity contribution >= 4 is 12.0 Å². The Morgan fingerprint density at radius 3 is 2.37 bits per heavy atom. The second kappa shape index (κ2) is 8.35. The van der Waals surface area contributed by atoms with E-state index >= 15 is 0 Å². The highest BCUT2D eigenvalue weighted by Gasteiger charge is 2.42. The zero-order chi connectivity index (χ0) is 19.6. The Morgan fingerprint density at radius 2 is 1.70 bits per heavy atom. The molecule has 0 aromatic rings. The molecule has 154 valence electrons. The predicted molar refractivity (Wildman–Crippen MR) is 102 cm³/mol. The molecule has 1 saturated carbocycles. The van der Waals surface area contributed by atoms with Crippen LogP contribution in [0.5, 0.6) is 0 Å². The molecule has 0 aromatic carbocycles. The molecule has 3 rings (SSSR count). The van der Waals surface area contributed by atoms with Crippen molar-refractivity contribution in [2.24, 2.45) is 0 Å². The van der Waals surface area contributed by atoms with Crippen LogP contribution in [0.25, 0.3) is 0 Å². The molecule has 2 saturated heterocycles. The summed E-state index contributed by atoms with van der Waals surface area (Å²) >= 11 is 0. The number of β-amino-alcohol motifs (C(OH)–C–C–N with tert-alkyl or cyclic N) is 1. The van der Waals surface area contributed by atoms with Gasteiger partial charge in [0.05, 0.1) is 12.6 Å². The third-order valence-corrected chi connectivity index (χ3v) is 5.88. The first-order valence-electron chi connectivity index (χ1n) is 10.4. The largest absolute Gasteiger partial charge is 0.444 e. The summed E-state index contributed by atoms with van der Waals surface area (Å²) < 4.78 is 5.44. The number of rotatable bonds is 2. The molecule has 7 heteroatoms. The van der Waals surface area contributed by atoms with Gasteiger partial charge in [-0.1, -0.05) is 12.8 Å². The second-order valence-electron chi connectivity index (χ2n) is 9.19. The van der Waals surface area contributed by atoms with E-state index in [1.54, 1.807) is 20.8 Å². The molecule has 2 unspecified atom stereocenters. The summed E-state index contributed by atoms with van der Waals surface area (Å²) in [6.07, 6.45) is 5.24. The lowest BCUT2D eigenvalue weighted by molar-refractivity contribution is -0.135. The highest BCUT2D eigenvalue weighted by atomic mass is 16.6. The first-order chi connectivity index (χ1) is 12.7. The Labute approximate surface area is 162 Å². The molecule has 3 aliphatic rings. The number of carbonyl (C=O) groups excluding carboxylic acids is 2. The average molecular weight is 382 g/mol. The lowest BCUT2D eigenvalue weighted by Gasteiger charge is -2.31. The molecule has 0 spiro atoms. The molecular weight excluding hydrogens is 346 g/mol. The Bertz CT molecular complexity index is 542. The number of aliphatic hydroxyl groups excluding tert-OH is 1. The monoisotopic (exact) mass is 381 g/mol. The van der Waals surface area contributed by atoms with Gasteiger partial charge < -0.3 is 14.7 Å². The van der Waals surface area contributed by atoms with Crippen LogP contribution < -0.4 is 0 Å². The van der Waals surface area contributed by atoms with Crippen molar-refractivity contribution < 1.29 is 19.4 Å². The minimum atomic E-state index is -0.673. The second-order valence-corrected chi connectivity index (χ2v) is 9.19. The first-order valence-corrected chi connectivity index (χ1v) is 10.4. The molecule has 1 N–H and O–H groups in total. The van der Waals surface area contributed by atoms with Gasteiger partial charge in [0.1, 0.15) is 11.6 Å². The zero-order valence-electron chi connectivity index (χ0n) is 17.0. The molecule has 0 aromatic heterocycles. The zero-order valence-corrected chi connectivity index (χ0v) is 17.0. The molecule has 27 heavy (non-hydrogen) atoms. The van der Waals surface area contributed by atoms with E-state index in [1.807, 2.05) is 4.90 Å². The van der Waals surface area contributed by atoms with Crippen molar-refractivity contribution in [1.29, 1.82) is 0 Å². The van der Waals surface area contributed by atoms with Gasteiger partial charge in [-0.2, -0.15) is 0 Å². The topological polar surface area (TPSA) is 73.3 Å². The van der Waals surface area contributed by atoms with E-state index in [1.165, 1.54) is 30.6 Å². The minimum Gasteiger partial charge on any atom is -0.444 e. The van der Waals surface area contributed by atoms with Crippen LogP contribution in [0.15, 0.2) is 0 Å². The van der Waals surface area contributed by atoms with Gasteiger partial charge in [0.2, 0.25) is 5.91 Å². The van der Waals surface area contributed by atoms with Crippen molar-refractivity contribution in [3.05, 3.63) is 0 Å². The molecule has 2 amide bonds. The summed E-state index contributed by atoms with van der Waals surface area (Å²) in [6.45, 7) is 8.94. The number of ether oxygens (including phenoxy) is 1. The van der Waals surface area contributed by atoms with Gasteiger partial charge in [0.15, 0.2) is 0 Å². The highest BCUT2D eigenvalue weighted by Crippen LogP contribution is 2.26. The Kier molecular flexibility index (Phi) is 6.31. The summed E-state index contributed by atoms with van der Waals surface area (Å²) in [7, 11) is 0. The molecular formula is C20H35N3O4. The summed E-state index contributed by atoms with van der Waals surface area (Å²) in [4.78, 5) is 31.5. The van der Waals surface area contributed by atoms with Crippen molar-refractivity contribution in [3.8, 4) is 0 Å². The lowest BCUT2D eigenvalue weighted by atomic mass is 10.1. The fourth-order valence-electron chi connectivity index (χ4n) is 4.57. The Morgan fingerprint density at radius 1 is 1.00 bits per heavy atom. The van der Waals surface area contributed by atoms with Crippen LogP contribution in [-0.4, -0.2) is 88.3 Å². The number of amides is 2. The predicted octanol–water partition coefficient (Wildman–Crippen LogP) is 1.83. The van der Waals surface area contributed by atoms with Crippen molar-refractivity contribution in [3.63, 3.8) is 0 Å². The smallest absolute Gasteiger partial charge is 0.411 e. The molecule has 0 bridgehead atoms. The van der Waals surface area contributed by atoms with Gasteiger partial charge in [-0.25, -0.2) is 4.79 Å². The van der Waals surface area contributed by atoms with Gasteiger partial charge >= 0.3 is 6.09 Å². The normalized spacial score (nSPS) is 28.4. The molecule has 2 aliphatic heterocycles. The van der Waals surface area contributed by atoms with Crippen LogP contribution in [0.3, 0.4) is 0 Å². The summed E-state index contributed by atoms with van der Waals surface area (Å²) in [6, 6.07) is 0.0551. The third kappa shape index (κ3) is 5.13. The highest BCUT2D eigenvalue weighted by molar-refractivity contribution is 5.86. The maximum Gasteiger partial charge on any atom is 0.411 e. The Balaban J connectivity index is 1.61. The van der Waals surface area contributed by atoms with E-state index in [-0.39, 0.29) is 12.5 Å². The SMILES string of the molecule is CC(C)(C)OC(=O)N1CC(O)CC1C(=O)N1CCCN(C2CCCC2)CC1. The van der Waals surface area contributed by atoms with E-state index in [0.29, 0.717) is 19.0 Å². The van der Waals surface area contributed by atoms with Crippen LogP contribution in [0, 0.1) is 0 Å². The molecule has 7 nitrogen and oxygen atoms in total. The van der Waals surface area contributed by atoms with E-state index in [0.717, 1.165) is 26.1 Å². The maximum absolute atomic E-state index is 13.2. The summed E-state index contributed by atoms with van der Waals surface area (Å²) in [5.74, 6) is -0.0503. The number of nitrogens with zero attached hydrogens (tertiary/aromatic N) is 3. The molecule has 2 heterocycles. The van der Waals surface area contributed by atoms with Crippen molar-refractivity contribution in [2.45, 2.75) is 83.1 Å². The van der Waals surface area contributed by atoms with Crippen molar-refractivity contribution in [2.75, 3.05) is 32.7 Å². The lowest BCUT2D eigenvalue weighted by Crippen LogP contribution is -2.50. The number of hydrogen-bond donors (Lipinski definition) is 1. The number of likely N-dealkylation sites (tertiary alicyclic amines) is 1. The standard InChI is InChI=1S/C20H35N3O4/c1-20(2,3)27-19(26)23-14-16(24)13-17(23)18(25)22-10-6-9-21(11-12-22)15-7-4-5-8-15/h15-17,24H,4-14H2,1-3H3. The maximum atomic E-state index is 13.2. The molecule has 2 atom stereocenters.